The van der Waals surface area contributed by atoms with Gasteiger partial charge in [0, 0.05) is 47.8 Å². The first-order valence-electron chi connectivity index (χ1n) is 11.8. The summed E-state index contributed by atoms with van der Waals surface area (Å²) in [5, 5.41) is 6.78. The van der Waals surface area contributed by atoms with Gasteiger partial charge >= 0.3 is 5.97 Å². The Hall–Kier alpha value is -4.80. The maximum Gasteiger partial charge on any atom is 0.307 e. The van der Waals surface area contributed by atoms with E-state index in [0.29, 0.717) is 34.5 Å². The molecule has 1 amide bonds. The standard InChI is InChI=1S/C27H29N5O6/c1-35-21-14-19(15-22(36-2)25(21)38-4)30-27-29-16-18-9-11-32(26(18)31-27)20-7-5-6-17(12-20)13-23(33)28-10-8-24(34)37-3/h5-7,9,11-12,14-16H,8,10,13H2,1-4H3,(H,28,33)(H,29,30,31). The smallest absolute Gasteiger partial charge is 0.307 e. The minimum Gasteiger partial charge on any atom is -0.493 e. The molecule has 0 saturated carbocycles. The van der Waals surface area contributed by atoms with Gasteiger partial charge in [-0.2, -0.15) is 4.98 Å². The van der Waals surface area contributed by atoms with Crippen molar-refractivity contribution in [3.05, 3.63) is 60.4 Å². The minimum absolute atomic E-state index is 0.129. The minimum atomic E-state index is -0.368. The first-order valence-corrected chi connectivity index (χ1v) is 11.8. The molecule has 38 heavy (non-hydrogen) atoms. The molecule has 2 heterocycles. The van der Waals surface area contributed by atoms with Crippen LogP contribution in [-0.2, 0) is 20.7 Å². The van der Waals surface area contributed by atoms with Gasteiger partial charge in [-0.05, 0) is 23.8 Å². The predicted octanol–water partition coefficient (Wildman–Crippen LogP) is 3.41. The lowest BCUT2D eigenvalue weighted by Crippen LogP contribution is -2.27. The summed E-state index contributed by atoms with van der Waals surface area (Å²) in [5.41, 5.74) is 3.02. The van der Waals surface area contributed by atoms with Gasteiger partial charge in [0.25, 0.3) is 0 Å². The third-order valence-corrected chi connectivity index (χ3v) is 5.78. The number of carbonyl (C=O) groups excluding carboxylic acids is 2. The van der Waals surface area contributed by atoms with Crippen molar-refractivity contribution in [3.8, 4) is 22.9 Å². The lowest BCUT2D eigenvalue weighted by atomic mass is 10.1. The van der Waals surface area contributed by atoms with Gasteiger partial charge in [0.05, 0.1) is 41.3 Å². The summed E-state index contributed by atoms with van der Waals surface area (Å²) < 4.78 is 22.8. The number of esters is 1. The van der Waals surface area contributed by atoms with Crippen LogP contribution in [0.5, 0.6) is 17.2 Å². The second-order valence-corrected chi connectivity index (χ2v) is 8.22. The third kappa shape index (κ3) is 5.94. The van der Waals surface area contributed by atoms with Gasteiger partial charge in [-0.15, -0.1) is 0 Å². The fourth-order valence-electron chi connectivity index (χ4n) is 3.94. The van der Waals surface area contributed by atoms with Crippen LogP contribution in [0.1, 0.15) is 12.0 Å². The number of rotatable bonds is 11. The molecule has 2 N–H and O–H groups in total. The maximum absolute atomic E-state index is 12.3. The molecule has 0 radical (unpaired) electrons. The zero-order valence-electron chi connectivity index (χ0n) is 21.6. The van der Waals surface area contributed by atoms with Crippen LogP contribution in [0.25, 0.3) is 16.7 Å². The summed E-state index contributed by atoms with van der Waals surface area (Å²) in [6.45, 7) is 0.228. The summed E-state index contributed by atoms with van der Waals surface area (Å²) in [6.07, 6.45) is 3.94. The molecule has 2 aromatic heterocycles. The Labute approximate surface area is 219 Å². The molecule has 4 rings (SSSR count). The molecule has 0 aliphatic heterocycles. The summed E-state index contributed by atoms with van der Waals surface area (Å²) in [6, 6.07) is 13.1. The molecule has 11 heteroatoms. The fourth-order valence-corrected chi connectivity index (χ4v) is 3.94. The number of nitrogens with one attached hydrogen (secondary N) is 2. The topological polar surface area (TPSA) is 126 Å². The lowest BCUT2D eigenvalue weighted by molar-refractivity contribution is -0.140. The molecule has 198 valence electrons. The number of aromatic nitrogens is 3. The highest BCUT2D eigenvalue weighted by Crippen LogP contribution is 2.40. The van der Waals surface area contributed by atoms with Crippen molar-refractivity contribution < 1.29 is 28.5 Å². The summed E-state index contributed by atoms with van der Waals surface area (Å²) in [5.74, 6) is 1.33. The summed E-state index contributed by atoms with van der Waals surface area (Å²) >= 11 is 0. The molecule has 0 spiro atoms. The van der Waals surface area contributed by atoms with E-state index in [2.05, 4.69) is 20.4 Å². The molecular formula is C27H29N5O6. The molecule has 4 aromatic rings. The predicted molar refractivity (Wildman–Crippen MR) is 142 cm³/mol. The van der Waals surface area contributed by atoms with Crippen molar-refractivity contribution in [2.75, 3.05) is 40.3 Å². The first kappa shape index (κ1) is 26.3. The molecule has 11 nitrogen and oxygen atoms in total. The first-order chi connectivity index (χ1) is 18.4. The molecule has 0 unspecified atom stereocenters. The number of fused-ring (bicyclic) bond motifs is 1. The number of carbonyl (C=O) groups is 2. The van der Waals surface area contributed by atoms with Gasteiger partial charge in [0.2, 0.25) is 17.6 Å². The van der Waals surface area contributed by atoms with Crippen LogP contribution in [0.2, 0.25) is 0 Å². The van der Waals surface area contributed by atoms with E-state index < -0.39 is 0 Å². The Morgan fingerprint density at radius 2 is 1.74 bits per heavy atom. The zero-order valence-corrected chi connectivity index (χ0v) is 21.6. The molecule has 0 saturated heterocycles. The summed E-state index contributed by atoms with van der Waals surface area (Å²) in [4.78, 5) is 32.7. The van der Waals surface area contributed by atoms with Gasteiger partial charge < -0.3 is 34.1 Å². The van der Waals surface area contributed by atoms with E-state index in [9.17, 15) is 9.59 Å². The molecule has 0 bridgehead atoms. The van der Waals surface area contributed by atoms with Crippen LogP contribution in [0.3, 0.4) is 0 Å². The van der Waals surface area contributed by atoms with Crippen LogP contribution in [0.15, 0.2) is 54.9 Å². The number of benzene rings is 2. The number of hydrogen-bond acceptors (Lipinski definition) is 9. The van der Waals surface area contributed by atoms with Crippen molar-refractivity contribution in [1.82, 2.24) is 19.9 Å². The van der Waals surface area contributed by atoms with Crippen molar-refractivity contribution in [2.24, 2.45) is 0 Å². The quantitative estimate of drug-likeness (QED) is 0.287. The molecule has 0 aliphatic carbocycles. The average molecular weight is 520 g/mol. The number of anilines is 2. The van der Waals surface area contributed by atoms with Crippen LogP contribution < -0.4 is 24.8 Å². The van der Waals surface area contributed by atoms with Crippen molar-refractivity contribution in [1.29, 1.82) is 0 Å². The lowest BCUT2D eigenvalue weighted by Gasteiger charge is -2.14. The van der Waals surface area contributed by atoms with E-state index in [-0.39, 0.29) is 31.3 Å². The zero-order chi connectivity index (χ0) is 27.1. The molecular weight excluding hydrogens is 490 g/mol. The molecule has 2 aromatic carbocycles. The second-order valence-electron chi connectivity index (χ2n) is 8.22. The Morgan fingerprint density at radius 3 is 2.42 bits per heavy atom. The highest BCUT2D eigenvalue weighted by molar-refractivity contribution is 5.81. The second kappa shape index (κ2) is 12.0. The molecule has 0 atom stereocenters. The van der Waals surface area contributed by atoms with Crippen LogP contribution in [0.4, 0.5) is 11.6 Å². The summed E-state index contributed by atoms with van der Waals surface area (Å²) in [7, 11) is 5.97. The Balaban J connectivity index is 1.55. The molecule has 0 aliphatic rings. The van der Waals surface area contributed by atoms with Gasteiger partial charge in [0.15, 0.2) is 11.5 Å². The number of amides is 1. The Kier molecular flexibility index (Phi) is 8.27. The van der Waals surface area contributed by atoms with Crippen LogP contribution in [0, 0.1) is 0 Å². The van der Waals surface area contributed by atoms with E-state index in [0.717, 1.165) is 16.6 Å². The highest BCUT2D eigenvalue weighted by Gasteiger charge is 2.15. The third-order valence-electron chi connectivity index (χ3n) is 5.78. The SMILES string of the molecule is COC(=O)CCNC(=O)Cc1cccc(-n2ccc3cnc(Nc4cc(OC)c(OC)c(OC)c4)nc32)c1. The maximum atomic E-state index is 12.3. The van der Waals surface area contributed by atoms with Crippen molar-refractivity contribution in [2.45, 2.75) is 12.8 Å². The Bertz CT molecular complexity index is 1430. The van der Waals surface area contributed by atoms with Crippen LogP contribution in [-0.4, -0.2) is 61.4 Å². The normalized spacial score (nSPS) is 10.6. The number of hydrogen-bond donors (Lipinski definition) is 2. The van der Waals surface area contributed by atoms with Gasteiger partial charge in [-0.3, -0.25) is 9.59 Å². The fraction of sp³-hybridized carbons (Fsp3) is 0.259. The van der Waals surface area contributed by atoms with Gasteiger partial charge in [-0.1, -0.05) is 12.1 Å². The largest absolute Gasteiger partial charge is 0.493 e. The average Bonchev–Trinajstić information content (AvgIpc) is 3.35. The van der Waals surface area contributed by atoms with Crippen molar-refractivity contribution >= 4 is 34.5 Å². The van der Waals surface area contributed by atoms with Gasteiger partial charge in [-0.25, -0.2) is 4.98 Å². The van der Waals surface area contributed by atoms with E-state index in [1.54, 1.807) is 39.7 Å². The number of methoxy groups -OCH3 is 4. The Morgan fingerprint density at radius 1 is 0.974 bits per heavy atom. The van der Waals surface area contributed by atoms with E-state index >= 15 is 0 Å². The molecule has 0 fully saturated rings. The number of nitrogens with zero attached hydrogens (tertiary/aromatic N) is 3. The number of ether oxygens (including phenoxy) is 4. The van der Waals surface area contributed by atoms with E-state index in [1.807, 2.05) is 41.1 Å². The van der Waals surface area contributed by atoms with Gasteiger partial charge in [0.1, 0.15) is 5.65 Å². The highest BCUT2D eigenvalue weighted by atomic mass is 16.5. The van der Waals surface area contributed by atoms with E-state index in [4.69, 9.17) is 19.2 Å². The monoisotopic (exact) mass is 519 g/mol. The van der Waals surface area contributed by atoms with Crippen LogP contribution >= 0.6 is 0 Å². The van der Waals surface area contributed by atoms with E-state index in [1.165, 1.54) is 7.11 Å². The van der Waals surface area contributed by atoms with Crippen molar-refractivity contribution in [3.63, 3.8) is 0 Å².